The van der Waals surface area contributed by atoms with Crippen molar-refractivity contribution in [3.8, 4) is 0 Å². The van der Waals surface area contributed by atoms with E-state index in [9.17, 15) is 19.2 Å². The Labute approximate surface area is 459 Å². The number of ketones is 1. The number of carbonyl (C=O) groups is 4. The highest BCUT2D eigenvalue weighted by atomic mass is 16.2. The van der Waals surface area contributed by atoms with E-state index in [2.05, 4.69) is 43.6 Å². The fourth-order valence-corrected chi connectivity index (χ4v) is 13.9. The van der Waals surface area contributed by atoms with Gasteiger partial charge in [0.1, 0.15) is 5.78 Å². The van der Waals surface area contributed by atoms with Crippen LogP contribution in [0.25, 0.3) is 0 Å². The second-order valence-electron chi connectivity index (χ2n) is 25.2. The van der Waals surface area contributed by atoms with Gasteiger partial charge in [-0.25, -0.2) is 0 Å². The Morgan fingerprint density at radius 3 is 0.919 bits per heavy atom. The lowest BCUT2D eigenvalue weighted by Crippen LogP contribution is -2.53. The van der Waals surface area contributed by atoms with Crippen LogP contribution in [0.3, 0.4) is 0 Å². The average molecular weight is 1040 g/mol. The van der Waals surface area contributed by atoms with Crippen molar-refractivity contribution >= 4 is 23.5 Å². The van der Waals surface area contributed by atoms with Crippen LogP contribution in [0.4, 0.5) is 0 Å². The largest absolute Gasteiger partial charge is 0.353 e. The third kappa shape index (κ3) is 32.1. The number of rotatable bonds is 47. The van der Waals surface area contributed by atoms with Crippen molar-refractivity contribution in [2.24, 2.45) is 29.6 Å². The Bertz CT molecular complexity index is 1280. The topological polar surface area (TPSA) is 104 Å². The molecule has 3 N–H and O–H groups in total. The maximum atomic E-state index is 13.3. The molecule has 0 heterocycles. The molecular formula is C67H125N3O4. The maximum Gasteiger partial charge on any atom is 0.220 e. The molecule has 7 nitrogen and oxygen atoms in total. The predicted molar refractivity (Wildman–Crippen MR) is 316 cm³/mol. The molecule has 0 saturated heterocycles. The molecule has 3 fully saturated rings. The first-order valence-electron chi connectivity index (χ1n) is 33.7. The van der Waals surface area contributed by atoms with Crippen LogP contribution in [0.15, 0.2) is 0 Å². The Hall–Kier alpha value is -1.92. The van der Waals surface area contributed by atoms with Gasteiger partial charge in [0.05, 0.1) is 0 Å². The molecule has 0 spiro atoms. The number of carbonyl (C=O) groups excluding carboxylic acids is 4. The van der Waals surface area contributed by atoms with Gasteiger partial charge in [-0.15, -0.1) is 0 Å². The number of nitrogens with one attached hydrogen (secondary N) is 3. The summed E-state index contributed by atoms with van der Waals surface area (Å²) in [5, 5.41) is 10.1. The summed E-state index contributed by atoms with van der Waals surface area (Å²) in [6, 6.07) is 0.333. The van der Waals surface area contributed by atoms with Gasteiger partial charge in [0.25, 0.3) is 0 Å². The fraction of sp³-hybridized carbons (Fsp3) is 0.940. The number of hydrogen-bond donors (Lipinski definition) is 3. The Morgan fingerprint density at radius 1 is 0.297 bits per heavy atom. The first-order valence-corrected chi connectivity index (χ1v) is 33.7. The molecule has 0 radical (unpaired) electrons. The molecule has 0 bridgehead atoms. The van der Waals surface area contributed by atoms with Gasteiger partial charge in [-0.1, -0.05) is 259 Å². The van der Waals surface area contributed by atoms with Crippen molar-refractivity contribution in [2.75, 3.05) is 0 Å². The van der Waals surface area contributed by atoms with Crippen LogP contribution in [0.2, 0.25) is 0 Å². The molecule has 7 heteroatoms. The van der Waals surface area contributed by atoms with Gasteiger partial charge in [-0.2, -0.15) is 0 Å². The number of unbranched alkanes of at least 4 members (excludes halogenated alkanes) is 26. The van der Waals surface area contributed by atoms with Crippen LogP contribution in [0, 0.1) is 29.6 Å². The van der Waals surface area contributed by atoms with Gasteiger partial charge in [-0.05, 0) is 93.8 Å². The molecule has 432 valence electrons. The minimum atomic E-state index is 0.0733. The van der Waals surface area contributed by atoms with Crippen molar-refractivity contribution in [3.63, 3.8) is 0 Å². The second-order valence-corrected chi connectivity index (χ2v) is 25.2. The molecule has 3 rings (SSSR count). The molecule has 3 amide bonds. The summed E-state index contributed by atoms with van der Waals surface area (Å²) in [6.45, 7) is 9.14. The minimum absolute atomic E-state index is 0.0733. The van der Waals surface area contributed by atoms with E-state index in [1.807, 2.05) is 0 Å². The van der Waals surface area contributed by atoms with Crippen molar-refractivity contribution in [1.29, 1.82) is 0 Å². The summed E-state index contributed by atoms with van der Waals surface area (Å²) in [6.07, 6.45) is 60.7. The van der Waals surface area contributed by atoms with Gasteiger partial charge in [0.2, 0.25) is 17.7 Å². The molecule has 3 saturated carbocycles. The average Bonchev–Trinajstić information content (AvgIpc) is 3.39. The van der Waals surface area contributed by atoms with E-state index in [-0.39, 0.29) is 35.8 Å². The number of Topliss-reactive ketones (excluding diaryl/α,β-unsaturated/α-hetero) is 1. The molecule has 0 aromatic rings. The van der Waals surface area contributed by atoms with Crippen molar-refractivity contribution in [1.82, 2.24) is 16.0 Å². The van der Waals surface area contributed by atoms with Crippen LogP contribution >= 0.6 is 0 Å². The van der Waals surface area contributed by atoms with Gasteiger partial charge >= 0.3 is 0 Å². The van der Waals surface area contributed by atoms with E-state index in [0.29, 0.717) is 37.4 Å². The smallest absolute Gasteiger partial charge is 0.220 e. The summed E-state index contributed by atoms with van der Waals surface area (Å²) >= 11 is 0. The maximum absolute atomic E-state index is 13.3. The third-order valence-electron chi connectivity index (χ3n) is 18.6. The molecule has 0 aromatic heterocycles. The van der Waals surface area contributed by atoms with Crippen LogP contribution in [0.5, 0.6) is 0 Å². The van der Waals surface area contributed by atoms with Gasteiger partial charge < -0.3 is 16.0 Å². The van der Waals surface area contributed by atoms with Crippen molar-refractivity contribution in [3.05, 3.63) is 0 Å². The molecule has 3 aliphatic rings. The lowest BCUT2D eigenvalue weighted by molar-refractivity contribution is -0.125. The van der Waals surface area contributed by atoms with Gasteiger partial charge in [0, 0.05) is 50.2 Å². The molecular weight excluding hydrogens is 911 g/mol. The van der Waals surface area contributed by atoms with E-state index in [4.69, 9.17) is 0 Å². The van der Waals surface area contributed by atoms with E-state index < -0.39 is 0 Å². The highest BCUT2D eigenvalue weighted by Crippen LogP contribution is 2.46. The molecule has 74 heavy (non-hydrogen) atoms. The SMILES string of the molecule is CCCCCCCCC(=O)C[C@@H]1CCCC[C@H]1NC(=O)CCCCCCC1CC(CCCCCCCC)C(CCCCCCCC)CC1CCCCCCC(=O)N[C@H]1CCCC[C@@H]1NC(=O)CCCCCCCC. The van der Waals surface area contributed by atoms with Crippen molar-refractivity contribution < 1.29 is 19.2 Å². The van der Waals surface area contributed by atoms with E-state index in [1.54, 1.807) is 0 Å². The fourth-order valence-electron chi connectivity index (χ4n) is 13.9. The summed E-state index contributed by atoms with van der Waals surface area (Å²) in [4.78, 5) is 52.3. The van der Waals surface area contributed by atoms with Gasteiger partial charge in [0.15, 0.2) is 0 Å². The molecule has 4 unspecified atom stereocenters. The summed E-state index contributed by atoms with van der Waals surface area (Å²) in [7, 11) is 0. The Morgan fingerprint density at radius 2 is 0.568 bits per heavy atom. The monoisotopic (exact) mass is 1040 g/mol. The van der Waals surface area contributed by atoms with E-state index >= 15 is 0 Å². The normalized spacial score (nSPS) is 23.1. The second kappa shape index (κ2) is 45.0. The van der Waals surface area contributed by atoms with Crippen molar-refractivity contribution in [2.45, 2.75) is 373 Å². The van der Waals surface area contributed by atoms with Crippen LogP contribution < -0.4 is 16.0 Å². The standard InChI is InChI=1S/C67H125N3O4/c1-5-9-13-17-21-29-41-56-53-58(43-31-25-27-35-50-65(72)68-62-47-38-37-45-60(62)55-61(71)46-33-23-19-15-11-7-3)59(54-57(56)42-30-22-18-14-10-6-2)44-32-26-28-36-52-67(74)70-64-49-40-39-48-63(64)69-66(73)51-34-24-20-16-12-8-4/h56-60,62-64H,5-55H2,1-4H3,(H,68,72)(H,69,73)(H,70,74)/t56?,57?,58?,59?,60-,62+,63-,64-/m0/s1. The molecule has 8 atom stereocenters. The lowest BCUT2D eigenvalue weighted by atomic mass is 9.63. The first-order chi connectivity index (χ1) is 36.3. The van der Waals surface area contributed by atoms with E-state index in [0.717, 1.165) is 120 Å². The zero-order valence-corrected chi connectivity index (χ0v) is 49.8. The molecule has 0 aromatic carbocycles. The summed E-state index contributed by atoms with van der Waals surface area (Å²) in [5.74, 6) is 4.74. The zero-order valence-electron chi connectivity index (χ0n) is 49.8. The van der Waals surface area contributed by atoms with Gasteiger partial charge in [-0.3, -0.25) is 19.2 Å². The highest BCUT2D eigenvalue weighted by Gasteiger charge is 2.36. The quantitative estimate of drug-likeness (QED) is 0.0528. The van der Waals surface area contributed by atoms with E-state index in [1.165, 1.54) is 205 Å². The Balaban J connectivity index is 1.47. The number of amides is 3. The Kier molecular flexibility index (Phi) is 40.4. The minimum Gasteiger partial charge on any atom is -0.353 e. The van der Waals surface area contributed by atoms with Crippen LogP contribution in [-0.2, 0) is 19.2 Å². The van der Waals surface area contributed by atoms with Crippen LogP contribution in [-0.4, -0.2) is 41.6 Å². The first kappa shape index (κ1) is 66.4. The lowest BCUT2D eigenvalue weighted by Gasteiger charge is -2.42. The predicted octanol–water partition coefficient (Wildman–Crippen LogP) is 19.1. The van der Waals surface area contributed by atoms with Crippen LogP contribution in [0.1, 0.15) is 355 Å². The highest BCUT2D eigenvalue weighted by molar-refractivity contribution is 5.79. The summed E-state index contributed by atoms with van der Waals surface area (Å²) in [5.41, 5.74) is 0. The zero-order chi connectivity index (χ0) is 53.1. The molecule has 0 aliphatic heterocycles. The third-order valence-corrected chi connectivity index (χ3v) is 18.6. The molecule has 3 aliphatic carbocycles. The summed E-state index contributed by atoms with van der Waals surface area (Å²) < 4.78 is 0. The number of hydrogen-bond acceptors (Lipinski definition) is 4.